The van der Waals surface area contributed by atoms with Crippen LogP contribution in [0.2, 0.25) is 0 Å². The topological polar surface area (TPSA) is 34.6 Å². The standard InChI is InChI=1S/C21H30N2O2/c1-16-18(9-7-12-22-16)19-11-10-17(25-21(2,3)4)15-20(19)24-14-8-13-23(5)6/h7,9-12,15H,8,13-14H2,1-6H3. The molecule has 0 atom stereocenters. The second kappa shape index (κ2) is 8.34. The zero-order valence-corrected chi connectivity index (χ0v) is 16.3. The third-order valence-corrected chi connectivity index (χ3v) is 3.68. The van der Waals surface area contributed by atoms with Crippen LogP contribution in [0.15, 0.2) is 36.5 Å². The number of aryl methyl sites for hydroxylation is 1. The molecule has 1 heterocycles. The van der Waals surface area contributed by atoms with E-state index in [2.05, 4.69) is 36.1 Å². The summed E-state index contributed by atoms with van der Waals surface area (Å²) in [5.41, 5.74) is 2.89. The Morgan fingerprint density at radius 2 is 1.84 bits per heavy atom. The van der Waals surface area contributed by atoms with E-state index in [0.29, 0.717) is 6.61 Å². The van der Waals surface area contributed by atoms with Crippen LogP contribution in [-0.2, 0) is 0 Å². The molecule has 2 rings (SSSR count). The van der Waals surface area contributed by atoms with Gasteiger partial charge in [0.05, 0.1) is 6.61 Å². The van der Waals surface area contributed by atoms with Gasteiger partial charge in [0, 0.05) is 35.6 Å². The maximum absolute atomic E-state index is 6.12. The molecule has 2 aromatic rings. The predicted octanol–water partition coefficient (Wildman–Crippen LogP) is 4.56. The monoisotopic (exact) mass is 342 g/mol. The molecule has 0 fully saturated rings. The molecule has 136 valence electrons. The van der Waals surface area contributed by atoms with Gasteiger partial charge in [0.15, 0.2) is 0 Å². The van der Waals surface area contributed by atoms with E-state index >= 15 is 0 Å². The highest BCUT2D eigenvalue weighted by molar-refractivity contribution is 5.73. The second-order valence-corrected chi connectivity index (χ2v) is 7.51. The van der Waals surface area contributed by atoms with E-state index in [9.17, 15) is 0 Å². The van der Waals surface area contributed by atoms with Crippen LogP contribution in [0.25, 0.3) is 11.1 Å². The number of hydrogen-bond donors (Lipinski definition) is 0. The molecule has 0 saturated carbocycles. The average molecular weight is 342 g/mol. The summed E-state index contributed by atoms with van der Waals surface area (Å²) in [6.45, 7) is 9.82. The Labute approximate surface area is 151 Å². The lowest BCUT2D eigenvalue weighted by Gasteiger charge is -2.22. The minimum atomic E-state index is -0.242. The Morgan fingerprint density at radius 1 is 1.08 bits per heavy atom. The lowest BCUT2D eigenvalue weighted by atomic mass is 10.0. The molecule has 1 aromatic heterocycles. The molecule has 4 heteroatoms. The number of hydrogen-bond acceptors (Lipinski definition) is 4. The summed E-state index contributed by atoms with van der Waals surface area (Å²) < 4.78 is 12.1. The fraction of sp³-hybridized carbons (Fsp3) is 0.476. The van der Waals surface area contributed by atoms with Crippen molar-refractivity contribution < 1.29 is 9.47 Å². The Morgan fingerprint density at radius 3 is 2.48 bits per heavy atom. The first-order valence-corrected chi connectivity index (χ1v) is 8.79. The number of benzene rings is 1. The van der Waals surface area contributed by atoms with Crippen molar-refractivity contribution in [1.29, 1.82) is 0 Å². The van der Waals surface area contributed by atoms with Crippen molar-refractivity contribution in [1.82, 2.24) is 9.88 Å². The van der Waals surface area contributed by atoms with E-state index in [1.54, 1.807) is 0 Å². The van der Waals surface area contributed by atoms with Gasteiger partial charge < -0.3 is 14.4 Å². The first-order valence-electron chi connectivity index (χ1n) is 8.79. The van der Waals surface area contributed by atoms with Crippen LogP contribution in [-0.4, -0.2) is 42.7 Å². The fourth-order valence-corrected chi connectivity index (χ4v) is 2.59. The molecule has 0 aliphatic heterocycles. The van der Waals surface area contributed by atoms with Crippen molar-refractivity contribution in [3.63, 3.8) is 0 Å². The second-order valence-electron chi connectivity index (χ2n) is 7.51. The van der Waals surface area contributed by atoms with Gasteiger partial charge in [0.1, 0.15) is 17.1 Å². The number of aromatic nitrogens is 1. The third kappa shape index (κ3) is 6.05. The van der Waals surface area contributed by atoms with Crippen molar-refractivity contribution in [2.75, 3.05) is 27.2 Å². The minimum Gasteiger partial charge on any atom is -0.493 e. The molecule has 0 amide bonds. The molecule has 0 aliphatic rings. The SMILES string of the molecule is Cc1ncccc1-c1ccc(OC(C)(C)C)cc1OCCCN(C)C. The predicted molar refractivity (Wildman–Crippen MR) is 103 cm³/mol. The maximum atomic E-state index is 6.12. The van der Waals surface area contributed by atoms with E-state index in [1.807, 2.05) is 52.1 Å². The Hall–Kier alpha value is -2.07. The van der Waals surface area contributed by atoms with Crippen LogP contribution in [0.4, 0.5) is 0 Å². The normalized spacial score (nSPS) is 11.6. The number of pyridine rings is 1. The van der Waals surface area contributed by atoms with Gasteiger partial charge in [-0.25, -0.2) is 0 Å². The molecule has 1 aromatic carbocycles. The number of rotatable bonds is 7. The maximum Gasteiger partial charge on any atom is 0.130 e. The first-order chi connectivity index (χ1) is 11.8. The molecule has 0 N–H and O–H groups in total. The van der Waals surface area contributed by atoms with Gasteiger partial charge in [-0.1, -0.05) is 6.07 Å². The summed E-state index contributed by atoms with van der Waals surface area (Å²) in [5.74, 6) is 1.66. The van der Waals surface area contributed by atoms with Crippen molar-refractivity contribution in [2.45, 2.75) is 39.7 Å². The quantitative estimate of drug-likeness (QED) is 0.691. The van der Waals surface area contributed by atoms with Crippen molar-refractivity contribution in [2.24, 2.45) is 0 Å². The molecule has 0 saturated heterocycles. The van der Waals surface area contributed by atoms with Crippen LogP contribution in [0, 0.1) is 6.92 Å². The van der Waals surface area contributed by atoms with E-state index in [-0.39, 0.29) is 5.60 Å². The molecular formula is C21H30N2O2. The van der Waals surface area contributed by atoms with Crippen LogP contribution >= 0.6 is 0 Å². The van der Waals surface area contributed by atoms with E-state index in [4.69, 9.17) is 9.47 Å². The van der Waals surface area contributed by atoms with E-state index < -0.39 is 0 Å². The zero-order chi connectivity index (χ0) is 18.4. The van der Waals surface area contributed by atoms with Gasteiger partial charge in [-0.15, -0.1) is 0 Å². The molecule has 0 unspecified atom stereocenters. The molecule has 0 bridgehead atoms. The van der Waals surface area contributed by atoms with E-state index in [0.717, 1.165) is 41.3 Å². The van der Waals surface area contributed by atoms with Gasteiger partial charge >= 0.3 is 0 Å². The number of nitrogens with zero attached hydrogens (tertiary/aromatic N) is 2. The summed E-state index contributed by atoms with van der Waals surface area (Å²) in [5, 5.41) is 0. The fourth-order valence-electron chi connectivity index (χ4n) is 2.59. The Balaban J connectivity index is 2.29. The minimum absolute atomic E-state index is 0.242. The summed E-state index contributed by atoms with van der Waals surface area (Å²) in [6.07, 6.45) is 2.79. The van der Waals surface area contributed by atoms with Gasteiger partial charge in [-0.3, -0.25) is 4.98 Å². The molecule has 0 aliphatic carbocycles. The van der Waals surface area contributed by atoms with Crippen LogP contribution in [0.5, 0.6) is 11.5 Å². The Bertz CT molecular complexity index is 691. The van der Waals surface area contributed by atoms with Gasteiger partial charge in [-0.2, -0.15) is 0 Å². The molecule has 25 heavy (non-hydrogen) atoms. The van der Waals surface area contributed by atoms with Gasteiger partial charge in [0.25, 0.3) is 0 Å². The largest absolute Gasteiger partial charge is 0.493 e. The van der Waals surface area contributed by atoms with E-state index in [1.165, 1.54) is 0 Å². The number of ether oxygens (including phenoxy) is 2. The molecule has 4 nitrogen and oxygen atoms in total. The highest BCUT2D eigenvalue weighted by atomic mass is 16.5. The lowest BCUT2D eigenvalue weighted by molar-refractivity contribution is 0.130. The lowest BCUT2D eigenvalue weighted by Crippen LogP contribution is -2.23. The van der Waals surface area contributed by atoms with Gasteiger partial charge in [0.2, 0.25) is 0 Å². The Kier molecular flexibility index (Phi) is 6.43. The van der Waals surface area contributed by atoms with Gasteiger partial charge in [-0.05, 0) is 66.4 Å². The smallest absolute Gasteiger partial charge is 0.130 e. The first kappa shape index (κ1) is 19.3. The third-order valence-electron chi connectivity index (χ3n) is 3.68. The highest BCUT2D eigenvalue weighted by Gasteiger charge is 2.15. The van der Waals surface area contributed by atoms with Crippen LogP contribution in [0.1, 0.15) is 32.9 Å². The summed E-state index contributed by atoms with van der Waals surface area (Å²) >= 11 is 0. The van der Waals surface area contributed by atoms with Crippen LogP contribution in [0.3, 0.4) is 0 Å². The van der Waals surface area contributed by atoms with Crippen LogP contribution < -0.4 is 9.47 Å². The summed E-state index contributed by atoms with van der Waals surface area (Å²) in [4.78, 5) is 6.57. The molecule has 0 spiro atoms. The molecular weight excluding hydrogens is 312 g/mol. The van der Waals surface area contributed by atoms with Crippen molar-refractivity contribution in [3.05, 3.63) is 42.2 Å². The molecule has 0 radical (unpaired) electrons. The summed E-state index contributed by atoms with van der Waals surface area (Å²) in [7, 11) is 4.14. The summed E-state index contributed by atoms with van der Waals surface area (Å²) in [6, 6.07) is 10.1. The average Bonchev–Trinajstić information content (AvgIpc) is 2.51. The van der Waals surface area contributed by atoms with Crippen molar-refractivity contribution >= 4 is 0 Å². The zero-order valence-electron chi connectivity index (χ0n) is 16.3. The highest BCUT2D eigenvalue weighted by Crippen LogP contribution is 2.35. The van der Waals surface area contributed by atoms with Crippen molar-refractivity contribution in [3.8, 4) is 22.6 Å².